The predicted molar refractivity (Wildman–Crippen MR) is 38.4 cm³/mol. The van der Waals surface area contributed by atoms with Crippen molar-refractivity contribution in [3.05, 3.63) is 0 Å². The Morgan fingerprint density at radius 2 is 2.00 bits per heavy atom. The Hall–Kier alpha value is -0.0400. The summed E-state index contributed by atoms with van der Waals surface area (Å²) in [6.45, 7) is 5.15. The van der Waals surface area contributed by atoms with Crippen molar-refractivity contribution in [2.24, 2.45) is 5.92 Å². The SMILES string of the molecule is CC1CCC(N2CC2)C1. The molecule has 0 aromatic rings. The topological polar surface area (TPSA) is 3.01 Å². The van der Waals surface area contributed by atoms with Crippen LogP contribution in [-0.4, -0.2) is 24.0 Å². The molecule has 1 nitrogen and oxygen atoms in total. The highest BCUT2D eigenvalue weighted by atomic mass is 15.3. The van der Waals surface area contributed by atoms with Crippen LogP contribution in [0.4, 0.5) is 0 Å². The van der Waals surface area contributed by atoms with E-state index in [-0.39, 0.29) is 0 Å². The van der Waals surface area contributed by atoms with Crippen molar-refractivity contribution in [1.29, 1.82) is 0 Å². The molecule has 0 amide bonds. The lowest BCUT2D eigenvalue weighted by molar-refractivity contribution is 0.396. The van der Waals surface area contributed by atoms with Crippen molar-refractivity contribution in [3.8, 4) is 0 Å². The molecular formula is C8H15N. The van der Waals surface area contributed by atoms with Gasteiger partial charge in [-0.2, -0.15) is 0 Å². The van der Waals surface area contributed by atoms with Gasteiger partial charge in [0, 0.05) is 19.1 Å². The Balaban J connectivity index is 1.86. The molecule has 0 aromatic heterocycles. The molecule has 1 heterocycles. The van der Waals surface area contributed by atoms with Crippen LogP contribution in [0.3, 0.4) is 0 Å². The van der Waals surface area contributed by atoms with Gasteiger partial charge in [0.15, 0.2) is 0 Å². The number of nitrogens with zero attached hydrogens (tertiary/aromatic N) is 1. The summed E-state index contributed by atoms with van der Waals surface area (Å²) in [4.78, 5) is 2.60. The second-order valence-electron chi connectivity index (χ2n) is 3.61. The van der Waals surface area contributed by atoms with Crippen LogP contribution in [0, 0.1) is 5.92 Å². The van der Waals surface area contributed by atoms with Crippen molar-refractivity contribution in [2.45, 2.75) is 32.2 Å². The van der Waals surface area contributed by atoms with E-state index in [4.69, 9.17) is 0 Å². The van der Waals surface area contributed by atoms with E-state index in [1.54, 1.807) is 0 Å². The van der Waals surface area contributed by atoms with Gasteiger partial charge in [0.05, 0.1) is 0 Å². The second-order valence-corrected chi connectivity index (χ2v) is 3.61. The third kappa shape index (κ3) is 1.11. The lowest BCUT2D eigenvalue weighted by atomic mass is 10.1. The highest BCUT2D eigenvalue weighted by Crippen LogP contribution is 2.31. The maximum Gasteiger partial charge on any atom is 0.0113 e. The van der Waals surface area contributed by atoms with Crippen LogP contribution in [0.15, 0.2) is 0 Å². The van der Waals surface area contributed by atoms with Crippen molar-refractivity contribution < 1.29 is 0 Å². The number of hydrogen-bond donors (Lipinski definition) is 0. The summed E-state index contributed by atoms with van der Waals surface area (Å²) in [6, 6.07) is 0.986. The zero-order valence-electron chi connectivity index (χ0n) is 6.14. The van der Waals surface area contributed by atoms with Crippen LogP contribution >= 0.6 is 0 Å². The number of hydrogen-bond acceptors (Lipinski definition) is 1. The highest BCUT2D eigenvalue weighted by molar-refractivity contribution is 4.87. The Morgan fingerprint density at radius 1 is 1.22 bits per heavy atom. The fraction of sp³-hybridized carbons (Fsp3) is 1.00. The van der Waals surface area contributed by atoms with E-state index in [1.165, 1.54) is 32.4 Å². The van der Waals surface area contributed by atoms with Gasteiger partial charge >= 0.3 is 0 Å². The molecular weight excluding hydrogens is 110 g/mol. The fourth-order valence-corrected chi connectivity index (χ4v) is 1.93. The third-order valence-electron chi connectivity index (χ3n) is 2.67. The molecule has 0 aromatic carbocycles. The van der Waals surface area contributed by atoms with Gasteiger partial charge in [-0.3, -0.25) is 4.90 Å². The minimum absolute atomic E-state index is 0.986. The van der Waals surface area contributed by atoms with E-state index in [1.807, 2.05) is 0 Å². The molecule has 0 bridgehead atoms. The molecule has 0 radical (unpaired) electrons. The summed E-state index contributed by atoms with van der Waals surface area (Å²) >= 11 is 0. The van der Waals surface area contributed by atoms with Crippen molar-refractivity contribution >= 4 is 0 Å². The smallest absolute Gasteiger partial charge is 0.0113 e. The zero-order valence-corrected chi connectivity index (χ0v) is 6.14. The second kappa shape index (κ2) is 1.98. The van der Waals surface area contributed by atoms with Gasteiger partial charge in [0.2, 0.25) is 0 Å². The Morgan fingerprint density at radius 3 is 2.44 bits per heavy atom. The first kappa shape index (κ1) is 5.72. The van der Waals surface area contributed by atoms with E-state index in [9.17, 15) is 0 Å². The molecule has 2 fully saturated rings. The standard InChI is InChI=1S/C8H15N/c1-7-2-3-8(6-7)9-4-5-9/h7-8H,2-6H2,1H3. The first-order valence-electron chi connectivity index (χ1n) is 4.10. The van der Waals surface area contributed by atoms with Gasteiger partial charge in [0.25, 0.3) is 0 Å². The monoisotopic (exact) mass is 125 g/mol. The van der Waals surface area contributed by atoms with E-state index in [2.05, 4.69) is 11.8 Å². The van der Waals surface area contributed by atoms with Gasteiger partial charge in [-0.05, 0) is 25.2 Å². The average Bonchev–Trinajstić information content (AvgIpc) is 2.58. The summed E-state index contributed by atoms with van der Waals surface area (Å²) in [5, 5.41) is 0. The van der Waals surface area contributed by atoms with Crippen LogP contribution < -0.4 is 0 Å². The van der Waals surface area contributed by atoms with E-state index in [0.717, 1.165) is 12.0 Å². The van der Waals surface area contributed by atoms with Crippen LogP contribution in [0.2, 0.25) is 0 Å². The van der Waals surface area contributed by atoms with E-state index < -0.39 is 0 Å². The van der Waals surface area contributed by atoms with Gasteiger partial charge in [-0.1, -0.05) is 6.92 Å². The maximum atomic E-state index is 2.60. The van der Waals surface area contributed by atoms with Gasteiger partial charge in [-0.25, -0.2) is 0 Å². The van der Waals surface area contributed by atoms with Gasteiger partial charge in [-0.15, -0.1) is 0 Å². The fourth-order valence-electron chi connectivity index (χ4n) is 1.93. The summed E-state index contributed by atoms with van der Waals surface area (Å²) in [7, 11) is 0. The summed E-state index contributed by atoms with van der Waals surface area (Å²) in [5.74, 6) is 1.01. The van der Waals surface area contributed by atoms with E-state index >= 15 is 0 Å². The van der Waals surface area contributed by atoms with E-state index in [0.29, 0.717) is 0 Å². The Bertz CT molecular complexity index is 107. The summed E-state index contributed by atoms with van der Waals surface area (Å²) in [6.07, 6.45) is 4.42. The molecule has 1 saturated heterocycles. The van der Waals surface area contributed by atoms with Crippen molar-refractivity contribution in [3.63, 3.8) is 0 Å². The maximum absolute atomic E-state index is 2.60. The quantitative estimate of drug-likeness (QED) is 0.480. The first-order valence-corrected chi connectivity index (χ1v) is 4.10. The Kier molecular flexibility index (Phi) is 1.26. The van der Waals surface area contributed by atoms with Gasteiger partial charge in [0.1, 0.15) is 0 Å². The summed E-state index contributed by atoms with van der Waals surface area (Å²) < 4.78 is 0. The van der Waals surface area contributed by atoms with Crippen molar-refractivity contribution in [1.82, 2.24) is 4.90 Å². The number of rotatable bonds is 1. The van der Waals surface area contributed by atoms with Crippen LogP contribution in [0.5, 0.6) is 0 Å². The largest absolute Gasteiger partial charge is 0.298 e. The molecule has 2 unspecified atom stereocenters. The van der Waals surface area contributed by atoms with Crippen LogP contribution in [0.25, 0.3) is 0 Å². The average molecular weight is 125 g/mol. The van der Waals surface area contributed by atoms with Crippen LogP contribution in [-0.2, 0) is 0 Å². The normalized spacial score (nSPS) is 43.7. The minimum Gasteiger partial charge on any atom is -0.298 e. The first-order chi connectivity index (χ1) is 4.36. The molecule has 1 aliphatic heterocycles. The lowest BCUT2D eigenvalue weighted by Crippen LogP contribution is -2.13. The third-order valence-corrected chi connectivity index (χ3v) is 2.67. The molecule has 1 aliphatic carbocycles. The summed E-state index contributed by atoms with van der Waals surface area (Å²) in [5.41, 5.74) is 0. The van der Waals surface area contributed by atoms with Crippen LogP contribution in [0.1, 0.15) is 26.2 Å². The van der Waals surface area contributed by atoms with Gasteiger partial charge < -0.3 is 0 Å². The molecule has 1 saturated carbocycles. The zero-order chi connectivity index (χ0) is 6.27. The Labute approximate surface area is 57.0 Å². The molecule has 0 N–H and O–H groups in total. The van der Waals surface area contributed by atoms with Crippen molar-refractivity contribution in [2.75, 3.05) is 13.1 Å². The lowest BCUT2D eigenvalue weighted by Gasteiger charge is -2.08. The molecule has 52 valence electrons. The predicted octanol–water partition coefficient (Wildman–Crippen LogP) is 1.49. The molecule has 9 heavy (non-hydrogen) atoms. The molecule has 2 atom stereocenters. The molecule has 2 rings (SSSR count). The molecule has 1 heteroatoms. The minimum atomic E-state index is 0.986. The molecule has 2 aliphatic rings. The molecule has 0 spiro atoms. The highest BCUT2D eigenvalue weighted by Gasteiger charge is 2.32.